The molecule has 0 atom stereocenters. The number of anilines is 1. The van der Waals surface area contributed by atoms with Crippen LogP contribution in [0.5, 0.6) is 5.75 Å². The molecule has 0 aliphatic rings. The highest BCUT2D eigenvalue weighted by molar-refractivity contribution is 6.12. The summed E-state index contributed by atoms with van der Waals surface area (Å²) in [5.41, 5.74) is 1.96. The highest BCUT2D eigenvalue weighted by atomic mass is 16.5. The number of fused-ring (bicyclic) bond motifs is 1. The van der Waals surface area contributed by atoms with Crippen molar-refractivity contribution in [2.24, 2.45) is 0 Å². The summed E-state index contributed by atoms with van der Waals surface area (Å²) in [4.78, 5) is 24.6. The maximum atomic E-state index is 12.7. The van der Waals surface area contributed by atoms with Crippen molar-refractivity contribution in [3.05, 3.63) is 70.1 Å². The van der Waals surface area contributed by atoms with Crippen LogP contribution in [0.25, 0.3) is 11.0 Å². The summed E-state index contributed by atoms with van der Waals surface area (Å²) >= 11 is 0. The van der Waals surface area contributed by atoms with Gasteiger partial charge in [-0.15, -0.1) is 0 Å². The van der Waals surface area contributed by atoms with E-state index in [0.717, 1.165) is 19.3 Å². The lowest BCUT2D eigenvalue weighted by Crippen LogP contribution is -2.15. The van der Waals surface area contributed by atoms with E-state index in [0.29, 0.717) is 29.0 Å². The van der Waals surface area contributed by atoms with Crippen molar-refractivity contribution in [2.45, 2.75) is 33.1 Å². The van der Waals surface area contributed by atoms with Gasteiger partial charge in [0.2, 0.25) is 0 Å². The molecule has 5 nitrogen and oxygen atoms in total. The van der Waals surface area contributed by atoms with Crippen molar-refractivity contribution in [2.75, 3.05) is 11.9 Å². The molecule has 1 amide bonds. The lowest BCUT2D eigenvalue weighted by molar-refractivity contribution is 0.102. The van der Waals surface area contributed by atoms with Gasteiger partial charge in [-0.2, -0.15) is 0 Å². The smallest absolute Gasteiger partial charge is 0.337 e. The number of nitrogens with one attached hydrogen (secondary N) is 1. The molecule has 2 aromatic carbocycles. The van der Waals surface area contributed by atoms with Gasteiger partial charge in [-0.05, 0) is 49.6 Å². The minimum absolute atomic E-state index is 0.277. The zero-order valence-electron chi connectivity index (χ0n) is 15.6. The Bertz CT molecular complexity index is 989. The Morgan fingerprint density at radius 2 is 1.85 bits per heavy atom. The largest absolute Gasteiger partial charge is 0.494 e. The monoisotopic (exact) mass is 365 g/mol. The van der Waals surface area contributed by atoms with Crippen LogP contribution in [-0.2, 0) is 6.42 Å². The van der Waals surface area contributed by atoms with Gasteiger partial charge < -0.3 is 14.5 Å². The van der Waals surface area contributed by atoms with Crippen LogP contribution < -0.4 is 15.7 Å². The molecule has 1 heterocycles. The number of ether oxygens (including phenoxy) is 1. The lowest BCUT2D eigenvalue weighted by atomic mass is 10.1. The molecule has 0 aliphatic heterocycles. The highest BCUT2D eigenvalue weighted by Crippen LogP contribution is 2.23. The maximum Gasteiger partial charge on any atom is 0.337 e. The number of benzene rings is 2. The van der Waals surface area contributed by atoms with Gasteiger partial charge in [-0.3, -0.25) is 4.79 Å². The first-order valence-electron chi connectivity index (χ1n) is 9.21. The summed E-state index contributed by atoms with van der Waals surface area (Å²) in [6, 6.07) is 14.1. The van der Waals surface area contributed by atoms with E-state index in [1.807, 2.05) is 31.2 Å². The first-order valence-corrected chi connectivity index (χ1v) is 9.21. The van der Waals surface area contributed by atoms with Crippen molar-refractivity contribution >= 4 is 22.6 Å². The molecular formula is C22H23NO4. The quantitative estimate of drug-likeness (QED) is 0.612. The van der Waals surface area contributed by atoms with Crippen LogP contribution in [-0.4, -0.2) is 12.5 Å². The summed E-state index contributed by atoms with van der Waals surface area (Å²) in [6.07, 6.45) is 3.31. The predicted molar refractivity (Wildman–Crippen MR) is 107 cm³/mol. The second-order valence-electron chi connectivity index (χ2n) is 6.32. The molecule has 5 heteroatoms. The average Bonchev–Trinajstić information content (AvgIpc) is 2.66. The average molecular weight is 365 g/mol. The lowest BCUT2D eigenvalue weighted by Gasteiger charge is -2.09. The van der Waals surface area contributed by atoms with Crippen LogP contribution in [0.2, 0.25) is 0 Å². The number of hydrogen-bond acceptors (Lipinski definition) is 4. The predicted octanol–water partition coefficient (Wildman–Crippen LogP) is 4.79. The number of carbonyl (C=O) groups is 1. The van der Waals surface area contributed by atoms with Crippen LogP contribution in [0.1, 0.15) is 42.6 Å². The molecule has 0 saturated carbocycles. The van der Waals surface area contributed by atoms with E-state index in [-0.39, 0.29) is 11.5 Å². The molecule has 0 bridgehead atoms. The second kappa shape index (κ2) is 8.54. The standard InChI is InChI=1S/C22H23NO4/c1-3-5-6-15-7-9-16(10-8-15)23-22(25)19-14-21(24)27-20-13-17(26-4-2)11-12-18(19)20/h7-14H,3-6H2,1-2H3,(H,23,25). The molecular weight excluding hydrogens is 342 g/mol. The molecule has 140 valence electrons. The first kappa shape index (κ1) is 18.7. The zero-order valence-corrected chi connectivity index (χ0v) is 15.6. The molecule has 1 aromatic heterocycles. The summed E-state index contributed by atoms with van der Waals surface area (Å²) < 4.78 is 10.7. The van der Waals surface area contributed by atoms with E-state index in [9.17, 15) is 9.59 Å². The van der Waals surface area contributed by atoms with E-state index in [1.165, 1.54) is 11.6 Å². The zero-order chi connectivity index (χ0) is 19.2. The second-order valence-corrected chi connectivity index (χ2v) is 6.32. The number of aryl methyl sites for hydroxylation is 1. The van der Waals surface area contributed by atoms with Gasteiger partial charge in [0, 0.05) is 23.2 Å². The Kier molecular flexibility index (Phi) is 5.91. The van der Waals surface area contributed by atoms with Crippen LogP contribution in [0.4, 0.5) is 5.69 Å². The van der Waals surface area contributed by atoms with Crippen LogP contribution in [0, 0.1) is 0 Å². The van der Waals surface area contributed by atoms with E-state index < -0.39 is 5.63 Å². The fraction of sp³-hybridized carbons (Fsp3) is 0.273. The number of unbranched alkanes of at least 4 members (excludes halogenated alkanes) is 1. The molecule has 0 aliphatic carbocycles. The SMILES string of the molecule is CCCCc1ccc(NC(=O)c2cc(=O)oc3cc(OCC)ccc23)cc1. The Morgan fingerprint density at radius 3 is 2.56 bits per heavy atom. The molecule has 1 N–H and O–H groups in total. The van der Waals surface area contributed by atoms with Crippen LogP contribution in [0.3, 0.4) is 0 Å². The first-order chi connectivity index (χ1) is 13.1. The minimum atomic E-state index is -0.573. The third kappa shape index (κ3) is 4.56. The number of rotatable bonds is 7. The number of carbonyl (C=O) groups excluding carboxylic acids is 1. The Hall–Kier alpha value is -3.08. The highest BCUT2D eigenvalue weighted by Gasteiger charge is 2.14. The minimum Gasteiger partial charge on any atom is -0.494 e. The van der Waals surface area contributed by atoms with Crippen molar-refractivity contribution in [1.29, 1.82) is 0 Å². The van der Waals surface area contributed by atoms with Crippen LogP contribution in [0.15, 0.2) is 57.7 Å². The van der Waals surface area contributed by atoms with Crippen LogP contribution >= 0.6 is 0 Å². The summed E-state index contributed by atoms with van der Waals surface area (Å²) in [7, 11) is 0. The number of amides is 1. The van der Waals surface area contributed by atoms with Gasteiger partial charge in [-0.25, -0.2) is 4.79 Å². The summed E-state index contributed by atoms with van der Waals surface area (Å²) in [6.45, 7) is 4.54. The van der Waals surface area contributed by atoms with E-state index in [1.54, 1.807) is 18.2 Å². The number of hydrogen-bond donors (Lipinski definition) is 1. The van der Waals surface area contributed by atoms with E-state index >= 15 is 0 Å². The Morgan fingerprint density at radius 1 is 1.07 bits per heavy atom. The van der Waals surface area contributed by atoms with Crippen molar-refractivity contribution in [3.8, 4) is 5.75 Å². The molecule has 3 aromatic rings. The van der Waals surface area contributed by atoms with Gasteiger partial charge in [0.15, 0.2) is 0 Å². The van der Waals surface area contributed by atoms with Gasteiger partial charge in [0.1, 0.15) is 11.3 Å². The van der Waals surface area contributed by atoms with Crippen molar-refractivity contribution in [1.82, 2.24) is 0 Å². The third-order valence-corrected chi connectivity index (χ3v) is 4.30. The third-order valence-electron chi connectivity index (χ3n) is 4.30. The van der Waals surface area contributed by atoms with Crippen molar-refractivity contribution < 1.29 is 13.9 Å². The Balaban J connectivity index is 1.85. The molecule has 0 unspecified atom stereocenters. The Labute approximate surface area is 158 Å². The molecule has 3 rings (SSSR count). The fourth-order valence-electron chi connectivity index (χ4n) is 2.92. The van der Waals surface area contributed by atoms with Gasteiger partial charge in [0.05, 0.1) is 12.2 Å². The van der Waals surface area contributed by atoms with Gasteiger partial charge >= 0.3 is 5.63 Å². The molecule has 0 radical (unpaired) electrons. The molecule has 0 saturated heterocycles. The van der Waals surface area contributed by atoms with E-state index in [2.05, 4.69) is 12.2 Å². The molecule has 0 spiro atoms. The summed E-state index contributed by atoms with van der Waals surface area (Å²) in [5, 5.41) is 3.41. The topological polar surface area (TPSA) is 68.5 Å². The normalized spacial score (nSPS) is 10.7. The van der Waals surface area contributed by atoms with Crippen molar-refractivity contribution in [3.63, 3.8) is 0 Å². The van der Waals surface area contributed by atoms with E-state index in [4.69, 9.17) is 9.15 Å². The molecule has 27 heavy (non-hydrogen) atoms. The maximum absolute atomic E-state index is 12.7. The van der Waals surface area contributed by atoms with Gasteiger partial charge in [-0.1, -0.05) is 25.5 Å². The molecule has 0 fully saturated rings. The van der Waals surface area contributed by atoms with Gasteiger partial charge in [0.25, 0.3) is 5.91 Å². The summed E-state index contributed by atoms with van der Waals surface area (Å²) in [5.74, 6) is 0.242. The fourth-order valence-corrected chi connectivity index (χ4v) is 2.92.